The first-order valence-corrected chi connectivity index (χ1v) is 6.22. The number of carbonyl (C=O) groups is 1. The second kappa shape index (κ2) is 4.81. The van der Waals surface area contributed by atoms with Crippen molar-refractivity contribution >= 4 is 29.5 Å². The fourth-order valence-corrected chi connectivity index (χ4v) is 2.66. The van der Waals surface area contributed by atoms with Gasteiger partial charge < -0.3 is 9.72 Å². The number of rotatable bonds is 2. The Morgan fingerprint density at radius 3 is 2.59 bits per heavy atom. The number of methoxy groups -OCH3 is 1. The molecule has 0 fully saturated rings. The van der Waals surface area contributed by atoms with Crippen LogP contribution in [-0.2, 0) is 4.74 Å². The molecular weight excluding hydrogens is 254 g/mol. The number of H-pyrrole nitrogens is 1. The molecule has 0 atom stereocenters. The Balaban J connectivity index is 2.55. The summed E-state index contributed by atoms with van der Waals surface area (Å²) in [6.45, 7) is 2.02. The van der Waals surface area contributed by atoms with E-state index in [1.54, 1.807) is 0 Å². The van der Waals surface area contributed by atoms with Crippen LogP contribution in [0.25, 0.3) is 10.4 Å². The number of hydrogen-bond donors (Lipinski definition) is 1. The molecule has 0 saturated carbocycles. The summed E-state index contributed by atoms with van der Waals surface area (Å²) in [6, 6.07) is 7.94. The predicted molar refractivity (Wildman–Crippen MR) is 71.0 cm³/mol. The fraction of sp³-hybridized carbons (Fsp3) is 0.167. The van der Waals surface area contributed by atoms with Gasteiger partial charge in [-0.2, -0.15) is 0 Å². The number of aromatic nitrogens is 1. The second-order valence-electron chi connectivity index (χ2n) is 3.58. The number of aromatic amines is 1. The zero-order valence-corrected chi connectivity index (χ0v) is 11.1. The normalized spacial score (nSPS) is 10.2. The molecule has 0 radical (unpaired) electrons. The molecule has 0 bridgehead atoms. The van der Waals surface area contributed by atoms with Crippen LogP contribution in [0.15, 0.2) is 24.3 Å². The summed E-state index contributed by atoms with van der Waals surface area (Å²) >= 11 is 6.44. The first-order valence-electron chi connectivity index (χ1n) is 5.00. The van der Waals surface area contributed by atoms with E-state index in [4.69, 9.17) is 17.0 Å². The number of carbonyl (C=O) groups excluding carboxylic acids is 1. The Hall–Kier alpha value is -1.46. The molecule has 2 aromatic rings. The summed E-state index contributed by atoms with van der Waals surface area (Å²) in [6.07, 6.45) is 0. The average molecular weight is 265 g/mol. The Labute approximate surface area is 108 Å². The van der Waals surface area contributed by atoms with E-state index in [2.05, 4.69) is 4.98 Å². The topological polar surface area (TPSA) is 42.1 Å². The van der Waals surface area contributed by atoms with Crippen LogP contribution in [0.1, 0.15) is 16.1 Å². The molecule has 88 valence electrons. The minimum absolute atomic E-state index is 0.395. The second-order valence-corrected chi connectivity index (χ2v) is 5.26. The van der Waals surface area contributed by atoms with Gasteiger partial charge in [-0.15, -0.1) is 11.3 Å². The molecule has 3 nitrogen and oxygen atoms in total. The van der Waals surface area contributed by atoms with Crippen molar-refractivity contribution in [2.24, 2.45) is 0 Å². The van der Waals surface area contributed by atoms with Crippen LogP contribution in [0, 0.1) is 10.9 Å². The molecule has 1 heterocycles. The van der Waals surface area contributed by atoms with Gasteiger partial charge in [-0.3, -0.25) is 0 Å². The SMILES string of the molecule is COC(=O)c1[nH]c(=S)sc1-c1ccc(C)cc1. The largest absolute Gasteiger partial charge is 0.464 e. The first kappa shape index (κ1) is 12.0. The Morgan fingerprint density at radius 2 is 2.00 bits per heavy atom. The number of esters is 1. The summed E-state index contributed by atoms with van der Waals surface area (Å²) in [7, 11) is 1.36. The smallest absolute Gasteiger partial charge is 0.356 e. The molecule has 0 spiro atoms. The van der Waals surface area contributed by atoms with Crippen LogP contribution < -0.4 is 0 Å². The van der Waals surface area contributed by atoms with Crippen LogP contribution in [0.4, 0.5) is 0 Å². The maximum absolute atomic E-state index is 11.6. The van der Waals surface area contributed by atoms with Crippen LogP contribution >= 0.6 is 23.6 Å². The molecular formula is C12H11NO2S2. The van der Waals surface area contributed by atoms with E-state index < -0.39 is 5.97 Å². The van der Waals surface area contributed by atoms with Crippen molar-refractivity contribution in [3.05, 3.63) is 39.5 Å². The lowest BCUT2D eigenvalue weighted by molar-refractivity contribution is 0.0595. The third-order valence-electron chi connectivity index (χ3n) is 2.35. The molecule has 5 heteroatoms. The van der Waals surface area contributed by atoms with E-state index in [1.165, 1.54) is 24.0 Å². The zero-order chi connectivity index (χ0) is 12.4. The van der Waals surface area contributed by atoms with Crippen LogP contribution in [0.3, 0.4) is 0 Å². The highest BCUT2D eigenvalue weighted by Gasteiger charge is 2.16. The number of aryl methyl sites for hydroxylation is 1. The molecule has 0 aliphatic rings. The average Bonchev–Trinajstić information content (AvgIpc) is 2.71. The minimum atomic E-state index is -0.395. The Kier molecular flexibility index (Phi) is 3.40. The molecule has 1 N–H and O–H groups in total. The van der Waals surface area contributed by atoms with Gasteiger partial charge in [0.05, 0.1) is 12.0 Å². The van der Waals surface area contributed by atoms with E-state index in [1.807, 2.05) is 31.2 Å². The highest BCUT2D eigenvalue weighted by Crippen LogP contribution is 2.29. The lowest BCUT2D eigenvalue weighted by atomic mass is 10.1. The van der Waals surface area contributed by atoms with Crippen molar-refractivity contribution in [3.8, 4) is 10.4 Å². The maximum Gasteiger partial charge on any atom is 0.356 e. The van der Waals surface area contributed by atoms with Crippen LogP contribution in [0.5, 0.6) is 0 Å². The van der Waals surface area contributed by atoms with Gasteiger partial charge >= 0.3 is 5.97 Å². The number of ether oxygens (including phenoxy) is 1. The predicted octanol–water partition coefficient (Wildman–Crippen LogP) is 3.57. The van der Waals surface area contributed by atoms with Crippen molar-refractivity contribution in [2.75, 3.05) is 7.11 Å². The zero-order valence-electron chi connectivity index (χ0n) is 9.44. The minimum Gasteiger partial charge on any atom is -0.464 e. The summed E-state index contributed by atoms with van der Waals surface area (Å²) in [5, 5.41) is 0. The van der Waals surface area contributed by atoms with Gasteiger partial charge in [-0.05, 0) is 24.7 Å². The van der Waals surface area contributed by atoms with Gasteiger partial charge in [0, 0.05) is 0 Å². The van der Waals surface area contributed by atoms with E-state index in [0.717, 1.165) is 10.4 Å². The van der Waals surface area contributed by atoms with E-state index in [9.17, 15) is 4.79 Å². The lowest BCUT2D eigenvalue weighted by Gasteiger charge is -2.01. The molecule has 0 amide bonds. The van der Waals surface area contributed by atoms with Crippen molar-refractivity contribution in [1.82, 2.24) is 4.98 Å². The van der Waals surface area contributed by atoms with Crippen molar-refractivity contribution in [2.45, 2.75) is 6.92 Å². The summed E-state index contributed by atoms with van der Waals surface area (Å²) < 4.78 is 5.30. The van der Waals surface area contributed by atoms with Gasteiger partial charge in [0.15, 0.2) is 3.95 Å². The van der Waals surface area contributed by atoms with E-state index in [0.29, 0.717) is 9.65 Å². The maximum atomic E-state index is 11.6. The molecule has 0 aliphatic heterocycles. The number of nitrogens with one attached hydrogen (secondary N) is 1. The van der Waals surface area contributed by atoms with Crippen LogP contribution in [0.2, 0.25) is 0 Å². The lowest BCUT2D eigenvalue weighted by Crippen LogP contribution is -2.03. The van der Waals surface area contributed by atoms with Crippen molar-refractivity contribution < 1.29 is 9.53 Å². The Bertz CT molecular complexity index is 596. The molecule has 0 aliphatic carbocycles. The van der Waals surface area contributed by atoms with Gasteiger partial charge in [-0.1, -0.05) is 29.8 Å². The molecule has 0 unspecified atom stereocenters. The monoisotopic (exact) mass is 265 g/mol. The van der Waals surface area contributed by atoms with Gasteiger partial charge in [-0.25, -0.2) is 4.79 Å². The van der Waals surface area contributed by atoms with Gasteiger partial charge in [0.2, 0.25) is 0 Å². The molecule has 1 aromatic heterocycles. The summed E-state index contributed by atoms with van der Waals surface area (Å²) in [4.78, 5) is 15.3. The third-order valence-corrected chi connectivity index (χ3v) is 3.64. The number of thiazole rings is 1. The third kappa shape index (κ3) is 2.45. The molecule has 2 rings (SSSR count). The van der Waals surface area contributed by atoms with Crippen molar-refractivity contribution in [1.29, 1.82) is 0 Å². The summed E-state index contributed by atoms with van der Waals surface area (Å²) in [5.41, 5.74) is 2.56. The standard InChI is InChI=1S/C12H11NO2S2/c1-7-3-5-8(6-4-7)10-9(11(14)15-2)13-12(16)17-10/h3-6H,1-2H3,(H,13,16). The van der Waals surface area contributed by atoms with E-state index >= 15 is 0 Å². The summed E-state index contributed by atoms with van der Waals surface area (Å²) in [5.74, 6) is -0.395. The molecule has 1 aromatic carbocycles. The Morgan fingerprint density at radius 1 is 1.35 bits per heavy atom. The number of hydrogen-bond acceptors (Lipinski definition) is 4. The van der Waals surface area contributed by atoms with E-state index in [-0.39, 0.29) is 0 Å². The van der Waals surface area contributed by atoms with Crippen LogP contribution in [-0.4, -0.2) is 18.1 Å². The fourth-order valence-electron chi connectivity index (χ4n) is 1.48. The quantitative estimate of drug-likeness (QED) is 0.666. The molecule has 17 heavy (non-hydrogen) atoms. The number of benzene rings is 1. The first-order chi connectivity index (χ1) is 8.11. The molecule has 0 saturated heterocycles. The highest BCUT2D eigenvalue weighted by molar-refractivity contribution is 7.73. The van der Waals surface area contributed by atoms with Gasteiger partial charge in [0.25, 0.3) is 0 Å². The highest BCUT2D eigenvalue weighted by atomic mass is 32.1. The van der Waals surface area contributed by atoms with Crippen molar-refractivity contribution in [3.63, 3.8) is 0 Å². The van der Waals surface area contributed by atoms with Gasteiger partial charge in [0.1, 0.15) is 5.69 Å².